The van der Waals surface area contributed by atoms with Gasteiger partial charge in [-0.1, -0.05) is 12.8 Å². The number of hydrogen-bond donors (Lipinski definition) is 2. The maximum absolute atomic E-state index is 5.82. The third-order valence-electron chi connectivity index (χ3n) is 2.90. The third-order valence-corrected chi connectivity index (χ3v) is 2.90. The van der Waals surface area contributed by atoms with Crippen molar-refractivity contribution < 1.29 is 0 Å². The second-order valence-corrected chi connectivity index (χ2v) is 4.35. The minimum atomic E-state index is 0.526. The van der Waals surface area contributed by atoms with E-state index >= 15 is 0 Å². The highest BCUT2D eigenvalue weighted by molar-refractivity contribution is 5.78. The highest BCUT2D eigenvalue weighted by Crippen LogP contribution is 2.17. The average Bonchev–Trinajstić information content (AvgIpc) is 2.87. The molecule has 5 nitrogen and oxygen atoms in total. The van der Waals surface area contributed by atoms with Crippen LogP contribution in [0.15, 0.2) is 17.4 Å². The second-order valence-electron chi connectivity index (χ2n) is 4.35. The zero-order chi connectivity index (χ0) is 11.4. The zero-order valence-electron chi connectivity index (χ0n) is 9.69. The lowest BCUT2D eigenvalue weighted by atomic mass is 10.2. The van der Waals surface area contributed by atoms with Crippen LogP contribution >= 0.6 is 0 Å². The first-order valence-corrected chi connectivity index (χ1v) is 5.78. The van der Waals surface area contributed by atoms with Gasteiger partial charge in [0.25, 0.3) is 0 Å². The van der Waals surface area contributed by atoms with Gasteiger partial charge in [0.1, 0.15) is 0 Å². The molecule has 0 aliphatic heterocycles. The second kappa shape index (κ2) is 5.01. The van der Waals surface area contributed by atoms with Crippen LogP contribution in [-0.2, 0) is 13.6 Å². The van der Waals surface area contributed by atoms with Crippen LogP contribution < -0.4 is 11.1 Å². The molecule has 0 spiro atoms. The molecule has 5 heteroatoms. The van der Waals surface area contributed by atoms with Crippen molar-refractivity contribution in [2.24, 2.45) is 17.8 Å². The summed E-state index contributed by atoms with van der Waals surface area (Å²) in [6.45, 7) is 0.597. The van der Waals surface area contributed by atoms with Crippen LogP contribution in [0.5, 0.6) is 0 Å². The molecule has 1 aromatic rings. The fraction of sp³-hybridized carbons (Fsp3) is 0.636. The van der Waals surface area contributed by atoms with Crippen molar-refractivity contribution in [1.29, 1.82) is 0 Å². The zero-order valence-corrected chi connectivity index (χ0v) is 9.69. The minimum absolute atomic E-state index is 0.526. The van der Waals surface area contributed by atoms with Gasteiger partial charge in [-0.3, -0.25) is 4.68 Å². The van der Waals surface area contributed by atoms with Gasteiger partial charge < -0.3 is 11.1 Å². The van der Waals surface area contributed by atoms with Crippen LogP contribution in [-0.4, -0.2) is 21.8 Å². The van der Waals surface area contributed by atoms with Crippen molar-refractivity contribution >= 4 is 5.96 Å². The van der Waals surface area contributed by atoms with Gasteiger partial charge in [0.2, 0.25) is 0 Å². The average molecular weight is 221 g/mol. The Labute approximate surface area is 95.7 Å². The molecule has 0 aromatic carbocycles. The van der Waals surface area contributed by atoms with E-state index in [1.54, 1.807) is 4.68 Å². The van der Waals surface area contributed by atoms with Crippen LogP contribution in [0.3, 0.4) is 0 Å². The first-order valence-electron chi connectivity index (χ1n) is 5.78. The predicted molar refractivity (Wildman–Crippen MR) is 63.9 cm³/mol. The fourth-order valence-electron chi connectivity index (χ4n) is 2.05. The van der Waals surface area contributed by atoms with Crippen molar-refractivity contribution in [3.05, 3.63) is 18.0 Å². The Bertz CT molecular complexity index is 362. The monoisotopic (exact) mass is 221 g/mol. The van der Waals surface area contributed by atoms with E-state index in [2.05, 4.69) is 15.4 Å². The number of nitrogens with two attached hydrogens (primary N) is 1. The molecule has 1 aliphatic carbocycles. The Balaban J connectivity index is 1.81. The Kier molecular flexibility index (Phi) is 3.44. The Morgan fingerprint density at radius 1 is 1.62 bits per heavy atom. The van der Waals surface area contributed by atoms with Crippen LogP contribution in [0, 0.1) is 0 Å². The van der Waals surface area contributed by atoms with Gasteiger partial charge in [-0.05, 0) is 12.8 Å². The summed E-state index contributed by atoms with van der Waals surface area (Å²) in [7, 11) is 1.90. The van der Waals surface area contributed by atoms with E-state index in [9.17, 15) is 0 Å². The Morgan fingerprint density at radius 2 is 2.38 bits per heavy atom. The molecule has 88 valence electrons. The van der Waals surface area contributed by atoms with Crippen molar-refractivity contribution in [2.75, 3.05) is 0 Å². The summed E-state index contributed by atoms with van der Waals surface area (Å²) in [5.41, 5.74) is 6.90. The molecule has 0 unspecified atom stereocenters. The molecule has 0 saturated heterocycles. The quantitative estimate of drug-likeness (QED) is 0.585. The molecule has 2 rings (SSSR count). The van der Waals surface area contributed by atoms with E-state index in [1.807, 2.05) is 19.4 Å². The Hall–Kier alpha value is -1.52. The summed E-state index contributed by atoms with van der Waals surface area (Å²) < 4.78 is 1.77. The Morgan fingerprint density at radius 3 is 3.00 bits per heavy atom. The van der Waals surface area contributed by atoms with Gasteiger partial charge >= 0.3 is 0 Å². The van der Waals surface area contributed by atoms with Gasteiger partial charge in [-0.25, -0.2) is 4.99 Å². The molecule has 0 bridgehead atoms. The first-order chi connectivity index (χ1) is 7.74. The number of hydrogen-bond acceptors (Lipinski definition) is 2. The standard InChI is InChI=1S/C11H19N5/c1-16-8-9(7-14-16)6-13-11(12)15-10-4-2-3-5-10/h7-8,10H,2-6H2,1H3,(H3,12,13,15). The number of nitrogens with zero attached hydrogens (tertiary/aromatic N) is 3. The van der Waals surface area contributed by atoms with Crippen LogP contribution in [0.4, 0.5) is 0 Å². The molecule has 1 aliphatic rings. The van der Waals surface area contributed by atoms with Crippen molar-refractivity contribution in [1.82, 2.24) is 15.1 Å². The van der Waals surface area contributed by atoms with E-state index < -0.39 is 0 Å². The number of nitrogens with one attached hydrogen (secondary N) is 1. The topological polar surface area (TPSA) is 68.2 Å². The molecule has 0 atom stereocenters. The summed E-state index contributed by atoms with van der Waals surface area (Å²) in [6.07, 6.45) is 8.78. The molecule has 1 fully saturated rings. The van der Waals surface area contributed by atoms with E-state index in [-0.39, 0.29) is 0 Å². The third kappa shape index (κ3) is 2.98. The summed E-state index contributed by atoms with van der Waals surface area (Å²) in [6, 6.07) is 0.526. The lowest BCUT2D eigenvalue weighted by molar-refractivity contribution is 0.625. The van der Waals surface area contributed by atoms with Crippen molar-refractivity contribution in [3.8, 4) is 0 Å². The van der Waals surface area contributed by atoms with Gasteiger partial charge in [0.05, 0.1) is 12.7 Å². The molecule has 0 radical (unpaired) electrons. The summed E-state index contributed by atoms with van der Waals surface area (Å²) in [4.78, 5) is 4.30. The summed E-state index contributed by atoms with van der Waals surface area (Å²) in [5, 5.41) is 7.34. The number of aryl methyl sites for hydroxylation is 1. The van der Waals surface area contributed by atoms with E-state index in [0.29, 0.717) is 18.5 Å². The molecule has 3 N–H and O–H groups in total. The summed E-state index contributed by atoms with van der Waals surface area (Å²) >= 11 is 0. The molecule has 0 amide bonds. The number of guanidine groups is 1. The number of aliphatic imine (C=N–C) groups is 1. The number of rotatable bonds is 3. The minimum Gasteiger partial charge on any atom is -0.370 e. The van der Waals surface area contributed by atoms with E-state index in [4.69, 9.17) is 5.73 Å². The van der Waals surface area contributed by atoms with Crippen LogP contribution in [0.2, 0.25) is 0 Å². The highest BCUT2D eigenvalue weighted by Gasteiger charge is 2.14. The van der Waals surface area contributed by atoms with Crippen LogP contribution in [0.1, 0.15) is 31.2 Å². The molecule has 16 heavy (non-hydrogen) atoms. The van der Waals surface area contributed by atoms with Crippen molar-refractivity contribution in [2.45, 2.75) is 38.3 Å². The van der Waals surface area contributed by atoms with Gasteiger partial charge in [0.15, 0.2) is 5.96 Å². The first kappa shape index (κ1) is 11.0. The van der Waals surface area contributed by atoms with Gasteiger partial charge in [0, 0.05) is 24.8 Å². The smallest absolute Gasteiger partial charge is 0.189 e. The summed E-state index contributed by atoms with van der Waals surface area (Å²) in [5.74, 6) is 0.552. The lowest BCUT2D eigenvalue weighted by Gasteiger charge is -2.11. The van der Waals surface area contributed by atoms with Gasteiger partial charge in [-0.15, -0.1) is 0 Å². The highest BCUT2D eigenvalue weighted by atomic mass is 15.2. The number of aromatic nitrogens is 2. The SMILES string of the molecule is Cn1cc(CN=C(N)NC2CCCC2)cn1. The fourth-order valence-corrected chi connectivity index (χ4v) is 2.05. The molecule has 1 heterocycles. The lowest BCUT2D eigenvalue weighted by Crippen LogP contribution is -2.38. The van der Waals surface area contributed by atoms with E-state index in [1.165, 1.54) is 25.7 Å². The van der Waals surface area contributed by atoms with E-state index in [0.717, 1.165) is 5.56 Å². The van der Waals surface area contributed by atoms with Crippen molar-refractivity contribution in [3.63, 3.8) is 0 Å². The molecular formula is C11H19N5. The predicted octanol–water partition coefficient (Wildman–Crippen LogP) is 0.767. The van der Waals surface area contributed by atoms with Gasteiger partial charge in [-0.2, -0.15) is 5.10 Å². The maximum atomic E-state index is 5.82. The van der Waals surface area contributed by atoms with Crippen LogP contribution in [0.25, 0.3) is 0 Å². The normalized spacial score (nSPS) is 17.9. The molecular weight excluding hydrogens is 202 g/mol. The maximum Gasteiger partial charge on any atom is 0.189 e. The largest absolute Gasteiger partial charge is 0.370 e. The molecule has 1 saturated carbocycles. The molecule has 1 aromatic heterocycles.